The molecular weight excluding hydrogens is 320 g/mol. The van der Waals surface area contributed by atoms with Gasteiger partial charge in [0.15, 0.2) is 5.65 Å². The number of aromatic nitrogens is 3. The zero-order chi connectivity index (χ0) is 17.2. The van der Waals surface area contributed by atoms with Crippen LogP contribution in [0.2, 0.25) is 0 Å². The number of nitrogens with one attached hydrogen (secondary N) is 1. The molecule has 1 N–H and O–H groups in total. The first kappa shape index (κ1) is 16.1. The van der Waals surface area contributed by atoms with Crippen molar-refractivity contribution in [2.45, 2.75) is 44.6 Å². The van der Waals surface area contributed by atoms with Crippen molar-refractivity contribution in [3.8, 4) is 0 Å². The van der Waals surface area contributed by atoms with E-state index < -0.39 is 0 Å². The molecule has 2 fully saturated rings. The highest BCUT2D eigenvalue weighted by molar-refractivity contribution is 5.96. The van der Waals surface area contributed by atoms with Crippen LogP contribution in [0, 0.1) is 5.92 Å². The Bertz CT molecular complexity index is 791. The third-order valence-electron chi connectivity index (χ3n) is 4.91. The number of carbonyl (C=O) groups is 2. The fourth-order valence-electron chi connectivity index (χ4n) is 3.34. The molecule has 0 radical (unpaired) electrons. The van der Waals surface area contributed by atoms with E-state index in [1.807, 2.05) is 10.7 Å². The lowest BCUT2D eigenvalue weighted by Crippen LogP contribution is -2.28. The molecule has 2 aliphatic carbocycles. The molecule has 0 aliphatic heterocycles. The SMILES string of the molecule is O=C(NCCOC(=O)C1CC1)c1cnc2c(cnn2C2CCCC2)c1. The molecule has 0 spiro atoms. The first-order valence-corrected chi connectivity index (χ1v) is 9.00. The largest absolute Gasteiger partial charge is 0.464 e. The number of pyridine rings is 1. The summed E-state index contributed by atoms with van der Waals surface area (Å²) >= 11 is 0. The van der Waals surface area contributed by atoms with Crippen LogP contribution in [0.1, 0.15) is 54.9 Å². The first-order valence-electron chi connectivity index (χ1n) is 9.00. The number of nitrogens with zero attached hydrogens (tertiary/aromatic N) is 3. The van der Waals surface area contributed by atoms with E-state index in [0.29, 0.717) is 18.2 Å². The second-order valence-corrected chi connectivity index (χ2v) is 6.86. The van der Waals surface area contributed by atoms with E-state index in [9.17, 15) is 9.59 Å². The van der Waals surface area contributed by atoms with Crippen molar-refractivity contribution in [2.24, 2.45) is 5.92 Å². The molecule has 0 bridgehead atoms. The van der Waals surface area contributed by atoms with Gasteiger partial charge in [-0.05, 0) is 31.7 Å². The number of ether oxygens (including phenoxy) is 1. The summed E-state index contributed by atoms with van der Waals surface area (Å²) < 4.78 is 7.09. The normalized spacial score (nSPS) is 17.8. The van der Waals surface area contributed by atoms with E-state index >= 15 is 0 Å². The highest BCUT2D eigenvalue weighted by atomic mass is 16.5. The maximum absolute atomic E-state index is 12.2. The van der Waals surface area contributed by atoms with Crippen LogP contribution in [-0.4, -0.2) is 39.8 Å². The van der Waals surface area contributed by atoms with Crippen LogP contribution >= 0.6 is 0 Å². The van der Waals surface area contributed by atoms with E-state index in [-0.39, 0.29) is 24.4 Å². The Morgan fingerprint density at radius 1 is 1.20 bits per heavy atom. The zero-order valence-corrected chi connectivity index (χ0v) is 14.1. The molecule has 25 heavy (non-hydrogen) atoms. The molecule has 0 atom stereocenters. The van der Waals surface area contributed by atoms with Crippen LogP contribution in [0.25, 0.3) is 11.0 Å². The molecule has 4 rings (SSSR count). The van der Waals surface area contributed by atoms with Crippen molar-refractivity contribution in [2.75, 3.05) is 13.2 Å². The van der Waals surface area contributed by atoms with Gasteiger partial charge in [-0.25, -0.2) is 9.67 Å². The fraction of sp³-hybridized carbons (Fsp3) is 0.556. The molecule has 0 unspecified atom stereocenters. The average Bonchev–Trinajstić information content (AvgIpc) is 3.17. The third-order valence-corrected chi connectivity index (χ3v) is 4.91. The van der Waals surface area contributed by atoms with Gasteiger partial charge in [0.25, 0.3) is 5.91 Å². The van der Waals surface area contributed by atoms with E-state index in [4.69, 9.17) is 4.74 Å². The summed E-state index contributed by atoms with van der Waals surface area (Å²) in [6.07, 6.45) is 9.95. The van der Waals surface area contributed by atoms with Crippen molar-refractivity contribution in [1.29, 1.82) is 0 Å². The van der Waals surface area contributed by atoms with Crippen LogP contribution < -0.4 is 5.32 Å². The Morgan fingerprint density at radius 3 is 2.76 bits per heavy atom. The number of carbonyl (C=O) groups excluding carboxylic acids is 2. The first-order chi connectivity index (χ1) is 12.2. The van der Waals surface area contributed by atoms with Gasteiger partial charge < -0.3 is 10.1 Å². The van der Waals surface area contributed by atoms with Gasteiger partial charge in [0.1, 0.15) is 6.61 Å². The molecule has 7 heteroatoms. The highest BCUT2D eigenvalue weighted by Crippen LogP contribution is 2.31. The lowest BCUT2D eigenvalue weighted by atomic mass is 10.2. The number of amides is 1. The molecule has 0 saturated heterocycles. The predicted molar refractivity (Wildman–Crippen MR) is 91.0 cm³/mol. The van der Waals surface area contributed by atoms with Gasteiger partial charge >= 0.3 is 5.97 Å². The van der Waals surface area contributed by atoms with Crippen molar-refractivity contribution in [3.05, 3.63) is 24.0 Å². The molecule has 2 heterocycles. The van der Waals surface area contributed by atoms with Crippen LogP contribution in [0.4, 0.5) is 0 Å². The monoisotopic (exact) mass is 342 g/mol. The Balaban J connectivity index is 1.35. The highest BCUT2D eigenvalue weighted by Gasteiger charge is 2.31. The average molecular weight is 342 g/mol. The molecule has 2 aromatic rings. The third kappa shape index (κ3) is 3.50. The maximum Gasteiger partial charge on any atom is 0.308 e. The van der Waals surface area contributed by atoms with E-state index in [2.05, 4.69) is 15.4 Å². The summed E-state index contributed by atoms with van der Waals surface area (Å²) in [5.74, 6) is -0.291. The van der Waals surface area contributed by atoms with Gasteiger partial charge in [0.2, 0.25) is 0 Å². The number of rotatable bonds is 6. The second-order valence-electron chi connectivity index (χ2n) is 6.86. The summed E-state index contributed by atoms with van der Waals surface area (Å²) in [6, 6.07) is 2.23. The Morgan fingerprint density at radius 2 is 2.00 bits per heavy atom. The van der Waals surface area contributed by atoms with Crippen molar-refractivity contribution < 1.29 is 14.3 Å². The zero-order valence-electron chi connectivity index (χ0n) is 14.1. The summed E-state index contributed by atoms with van der Waals surface area (Å²) in [5, 5.41) is 8.09. The van der Waals surface area contributed by atoms with Gasteiger partial charge in [-0.3, -0.25) is 9.59 Å². The minimum atomic E-state index is -0.217. The number of esters is 1. The van der Waals surface area contributed by atoms with Crippen LogP contribution in [0.5, 0.6) is 0 Å². The summed E-state index contributed by atoms with van der Waals surface area (Å²) in [7, 11) is 0. The van der Waals surface area contributed by atoms with E-state index in [0.717, 1.165) is 36.7 Å². The van der Waals surface area contributed by atoms with Gasteiger partial charge in [-0.1, -0.05) is 12.8 Å². The fourth-order valence-corrected chi connectivity index (χ4v) is 3.34. The van der Waals surface area contributed by atoms with Crippen molar-refractivity contribution in [1.82, 2.24) is 20.1 Å². The summed E-state index contributed by atoms with van der Waals surface area (Å²) in [4.78, 5) is 28.1. The number of hydrogen-bond donors (Lipinski definition) is 1. The Kier molecular flexibility index (Phi) is 4.38. The molecule has 0 aromatic carbocycles. The smallest absolute Gasteiger partial charge is 0.308 e. The van der Waals surface area contributed by atoms with Crippen LogP contribution in [0.3, 0.4) is 0 Å². The minimum Gasteiger partial charge on any atom is -0.464 e. The van der Waals surface area contributed by atoms with E-state index in [1.54, 1.807) is 12.4 Å². The molecule has 7 nitrogen and oxygen atoms in total. The van der Waals surface area contributed by atoms with Gasteiger partial charge in [0.05, 0.1) is 30.3 Å². The lowest BCUT2D eigenvalue weighted by molar-refractivity contribution is -0.144. The summed E-state index contributed by atoms with van der Waals surface area (Å²) in [5.41, 5.74) is 1.33. The topological polar surface area (TPSA) is 86.1 Å². The molecular formula is C18H22N4O3. The van der Waals surface area contributed by atoms with Gasteiger partial charge in [-0.15, -0.1) is 0 Å². The van der Waals surface area contributed by atoms with Crippen LogP contribution in [-0.2, 0) is 9.53 Å². The predicted octanol–water partition coefficient (Wildman–Crippen LogP) is 2.23. The van der Waals surface area contributed by atoms with Crippen molar-refractivity contribution >= 4 is 22.9 Å². The quantitative estimate of drug-likeness (QED) is 0.643. The molecule has 132 valence electrons. The molecule has 2 aliphatic rings. The minimum absolute atomic E-state index is 0.0821. The number of hydrogen-bond acceptors (Lipinski definition) is 5. The Labute approximate surface area is 145 Å². The van der Waals surface area contributed by atoms with E-state index in [1.165, 1.54) is 12.8 Å². The molecule has 2 aromatic heterocycles. The second kappa shape index (κ2) is 6.82. The molecule has 2 saturated carbocycles. The lowest BCUT2D eigenvalue weighted by Gasteiger charge is -2.10. The standard InChI is InChI=1S/C18H22N4O3/c23-17(19-7-8-25-18(24)12-5-6-12)14-9-13-11-21-22(16(13)20-10-14)15-3-1-2-4-15/h9-12,15H,1-8H2,(H,19,23). The maximum atomic E-state index is 12.2. The van der Waals surface area contributed by atoms with Crippen LogP contribution in [0.15, 0.2) is 18.5 Å². The van der Waals surface area contributed by atoms with Gasteiger partial charge in [0, 0.05) is 11.6 Å². The molecule has 1 amide bonds. The Hall–Kier alpha value is -2.44. The van der Waals surface area contributed by atoms with Crippen molar-refractivity contribution in [3.63, 3.8) is 0 Å². The number of fused-ring (bicyclic) bond motifs is 1. The summed E-state index contributed by atoms with van der Waals surface area (Å²) in [6.45, 7) is 0.507. The van der Waals surface area contributed by atoms with Gasteiger partial charge in [-0.2, -0.15) is 5.10 Å².